The predicted molar refractivity (Wildman–Crippen MR) is 119 cm³/mol. The summed E-state index contributed by atoms with van der Waals surface area (Å²) in [6.07, 6.45) is 0.327. The minimum atomic E-state index is -1.23. The second-order valence-electron chi connectivity index (χ2n) is 7.46. The highest BCUT2D eigenvalue weighted by Gasteiger charge is 2.52. The summed E-state index contributed by atoms with van der Waals surface area (Å²) in [4.78, 5) is 38.1. The van der Waals surface area contributed by atoms with Gasteiger partial charge in [0.05, 0.1) is 5.75 Å². The lowest BCUT2D eigenvalue weighted by atomic mass is 9.87. The number of nitrogens with zero attached hydrogens (tertiary/aromatic N) is 3. The van der Waals surface area contributed by atoms with E-state index in [1.165, 1.54) is 0 Å². The van der Waals surface area contributed by atoms with Crippen molar-refractivity contribution in [1.29, 1.82) is 0 Å². The zero-order valence-electron chi connectivity index (χ0n) is 17.9. The van der Waals surface area contributed by atoms with Crippen LogP contribution < -0.4 is 20.2 Å². The van der Waals surface area contributed by atoms with E-state index in [1.54, 1.807) is 49.4 Å². The number of carbonyl (C=O) groups excluding carboxylic acids is 3. The first-order valence-corrected chi connectivity index (χ1v) is 11.4. The number of hydrogen-bond acceptors (Lipinski definition) is 9. The zero-order chi connectivity index (χ0) is 23.7. The van der Waals surface area contributed by atoms with Crippen LogP contribution in [-0.4, -0.2) is 45.6 Å². The molecule has 0 unspecified atom stereocenters. The first-order valence-electron chi connectivity index (χ1n) is 10.4. The summed E-state index contributed by atoms with van der Waals surface area (Å²) < 4.78 is 16.2. The van der Waals surface area contributed by atoms with Crippen LogP contribution in [0.25, 0.3) is 11.5 Å². The quantitative estimate of drug-likeness (QED) is 0.385. The fourth-order valence-electron chi connectivity index (χ4n) is 3.74. The molecular weight excluding hydrogens is 462 g/mol. The molecule has 11 nitrogen and oxygen atoms in total. The Balaban J connectivity index is 1.22. The van der Waals surface area contributed by atoms with Gasteiger partial charge in [0.15, 0.2) is 11.5 Å². The Morgan fingerprint density at radius 1 is 1.15 bits per heavy atom. The van der Waals surface area contributed by atoms with Crippen molar-refractivity contribution in [3.05, 3.63) is 54.1 Å². The molecule has 12 heteroatoms. The number of benzene rings is 2. The highest BCUT2D eigenvalue weighted by Crippen LogP contribution is 2.36. The number of thioether (sulfide) groups is 1. The molecule has 2 aromatic carbocycles. The normalized spacial score (nSPS) is 18.8. The second-order valence-corrected chi connectivity index (χ2v) is 8.39. The van der Waals surface area contributed by atoms with Crippen LogP contribution in [0.4, 0.5) is 4.79 Å². The van der Waals surface area contributed by atoms with Crippen molar-refractivity contribution in [3.63, 3.8) is 0 Å². The van der Waals surface area contributed by atoms with Gasteiger partial charge in [-0.3, -0.25) is 15.0 Å². The van der Waals surface area contributed by atoms with Gasteiger partial charge in [-0.1, -0.05) is 49.0 Å². The van der Waals surface area contributed by atoms with Gasteiger partial charge < -0.3 is 19.2 Å². The number of rotatable bonds is 7. The summed E-state index contributed by atoms with van der Waals surface area (Å²) in [7, 11) is 0. The minimum Gasteiger partial charge on any atom is -0.454 e. The maximum Gasteiger partial charge on any atom is 0.344 e. The molecule has 174 valence electrons. The van der Waals surface area contributed by atoms with E-state index in [-0.39, 0.29) is 23.7 Å². The van der Waals surface area contributed by atoms with Gasteiger partial charge in [0.25, 0.3) is 11.1 Å². The fraction of sp³-hybridized carbons (Fsp3) is 0.227. The molecule has 2 N–H and O–H groups in total. The fourth-order valence-corrected chi connectivity index (χ4v) is 4.29. The van der Waals surface area contributed by atoms with E-state index in [9.17, 15) is 14.4 Å². The van der Waals surface area contributed by atoms with Crippen LogP contribution in [0.15, 0.2) is 58.2 Å². The Kier molecular flexibility index (Phi) is 5.57. The molecule has 1 aromatic heterocycles. The van der Waals surface area contributed by atoms with Crippen LogP contribution >= 0.6 is 11.8 Å². The summed E-state index contributed by atoms with van der Waals surface area (Å²) in [5.74, 6) is 0.199. The van der Waals surface area contributed by atoms with E-state index >= 15 is 0 Å². The number of aromatic nitrogens is 2. The average Bonchev–Trinajstić information content (AvgIpc) is 3.58. The molecule has 34 heavy (non-hydrogen) atoms. The molecule has 0 bridgehead atoms. The van der Waals surface area contributed by atoms with Crippen molar-refractivity contribution in [1.82, 2.24) is 25.9 Å². The van der Waals surface area contributed by atoms with Gasteiger partial charge >= 0.3 is 6.03 Å². The molecule has 3 heterocycles. The number of fused-ring (bicyclic) bond motifs is 1. The average molecular weight is 481 g/mol. The second kappa shape index (κ2) is 8.71. The van der Waals surface area contributed by atoms with E-state index in [0.717, 1.165) is 11.8 Å². The van der Waals surface area contributed by atoms with Crippen LogP contribution in [0.3, 0.4) is 0 Å². The Hall–Kier alpha value is -4.06. The SMILES string of the molecule is CC[C@]1(c2ccccc2)NC(=O)N(NC(=O)CSc2nnc(-c3ccc4c(c3)OCO4)o2)C1=O. The highest BCUT2D eigenvalue weighted by molar-refractivity contribution is 7.99. The number of hydrogen-bond donors (Lipinski definition) is 2. The molecule has 2 aliphatic rings. The standard InChI is InChI=1S/C22H19N5O6S/c1-2-22(14-6-4-3-5-7-14)19(29)27(20(30)23-22)26-17(28)11-34-21-25-24-18(33-21)13-8-9-15-16(10-13)32-12-31-15/h3-10H,2,11-12H2,1H3,(H,23,30)(H,26,28)/t22-/m1/s1. The Labute approximate surface area is 197 Å². The van der Waals surface area contributed by atoms with Crippen molar-refractivity contribution >= 4 is 29.6 Å². The third-order valence-corrected chi connectivity index (χ3v) is 6.30. The summed E-state index contributed by atoms with van der Waals surface area (Å²) in [5, 5.41) is 11.5. The van der Waals surface area contributed by atoms with Crippen molar-refractivity contribution in [2.45, 2.75) is 24.1 Å². The highest BCUT2D eigenvalue weighted by atomic mass is 32.2. The molecule has 1 atom stereocenters. The van der Waals surface area contributed by atoms with E-state index in [1.807, 2.05) is 6.07 Å². The zero-order valence-corrected chi connectivity index (χ0v) is 18.8. The summed E-state index contributed by atoms with van der Waals surface area (Å²) in [5.41, 5.74) is 2.42. The lowest BCUT2D eigenvalue weighted by molar-refractivity contribution is -0.138. The van der Waals surface area contributed by atoms with Crippen LogP contribution in [0.5, 0.6) is 11.5 Å². The number of urea groups is 1. The van der Waals surface area contributed by atoms with Crippen LogP contribution in [0.2, 0.25) is 0 Å². The van der Waals surface area contributed by atoms with E-state index in [0.29, 0.717) is 34.1 Å². The summed E-state index contributed by atoms with van der Waals surface area (Å²) in [6, 6.07) is 13.4. The van der Waals surface area contributed by atoms with Crippen LogP contribution in [0, 0.1) is 0 Å². The van der Waals surface area contributed by atoms with Crippen LogP contribution in [0.1, 0.15) is 18.9 Å². The lowest BCUT2D eigenvalue weighted by Crippen LogP contribution is -2.49. The first-order chi connectivity index (χ1) is 16.5. The third-order valence-electron chi connectivity index (χ3n) is 5.48. The molecule has 1 fully saturated rings. The van der Waals surface area contributed by atoms with E-state index in [4.69, 9.17) is 13.9 Å². The van der Waals surface area contributed by atoms with Gasteiger partial charge in [-0.05, 0) is 30.2 Å². The molecule has 0 saturated carbocycles. The number of hydrazine groups is 1. The van der Waals surface area contributed by atoms with Crippen molar-refractivity contribution in [3.8, 4) is 23.0 Å². The van der Waals surface area contributed by atoms with Gasteiger partial charge in [0.2, 0.25) is 18.6 Å². The third kappa shape index (κ3) is 3.81. The smallest absolute Gasteiger partial charge is 0.344 e. The summed E-state index contributed by atoms with van der Waals surface area (Å²) >= 11 is 0.979. The minimum absolute atomic E-state index is 0.149. The molecule has 5 rings (SSSR count). The van der Waals surface area contributed by atoms with Crippen molar-refractivity contribution < 1.29 is 28.3 Å². The Bertz CT molecular complexity index is 1270. The van der Waals surface area contributed by atoms with Gasteiger partial charge in [-0.25, -0.2) is 4.79 Å². The van der Waals surface area contributed by atoms with Gasteiger partial charge in [-0.2, -0.15) is 5.01 Å². The molecule has 2 aliphatic heterocycles. The first kappa shape index (κ1) is 21.8. The number of ether oxygens (including phenoxy) is 2. The monoisotopic (exact) mass is 481 g/mol. The van der Waals surface area contributed by atoms with Gasteiger partial charge in [-0.15, -0.1) is 10.2 Å². The van der Waals surface area contributed by atoms with Gasteiger partial charge in [0.1, 0.15) is 5.54 Å². The topological polar surface area (TPSA) is 136 Å². The summed E-state index contributed by atoms with van der Waals surface area (Å²) in [6.45, 7) is 1.95. The Morgan fingerprint density at radius 3 is 2.74 bits per heavy atom. The van der Waals surface area contributed by atoms with E-state index < -0.39 is 23.4 Å². The van der Waals surface area contributed by atoms with Crippen molar-refractivity contribution in [2.75, 3.05) is 12.5 Å². The number of amides is 4. The molecule has 4 amide bonds. The maximum absolute atomic E-state index is 13.1. The van der Waals surface area contributed by atoms with Crippen LogP contribution in [-0.2, 0) is 15.1 Å². The molecule has 0 radical (unpaired) electrons. The van der Waals surface area contributed by atoms with E-state index in [2.05, 4.69) is 20.9 Å². The van der Waals surface area contributed by atoms with Gasteiger partial charge in [0, 0.05) is 5.56 Å². The molecule has 0 spiro atoms. The predicted octanol–water partition coefficient (Wildman–Crippen LogP) is 2.45. The molecule has 0 aliphatic carbocycles. The number of imide groups is 1. The van der Waals surface area contributed by atoms with Crippen molar-refractivity contribution in [2.24, 2.45) is 0 Å². The largest absolute Gasteiger partial charge is 0.454 e. The number of carbonyl (C=O) groups is 3. The molecular formula is C22H19N5O6S. The lowest BCUT2D eigenvalue weighted by Gasteiger charge is -2.25. The molecule has 1 saturated heterocycles. The molecule has 3 aromatic rings. The number of nitrogens with one attached hydrogen (secondary N) is 2. The Morgan fingerprint density at radius 2 is 1.94 bits per heavy atom. The maximum atomic E-state index is 13.1.